The van der Waals surface area contributed by atoms with E-state index in [1.807, 2.05) is 42.6 Å². The van der Waals surface area contributed by atoms with Gasteiger partial charge in [-0.1, -0.05) is 136 Å². The molecule has 7 aromatic carbocycles. The molecule has 0 amide bonds. The van der Waals surface area contributed by atoms with E-state index in [4.69, 9.17) is 9.40 Å². The summed E-state index contributed by atoms with van der Waals surface area (Å²) >= 11 is -1.72. The molecule has 0 saturated heterocycles. The molecule has 315 valence electrons. The number of fused-ring (bicyclic) bond motifs is 4. The van der Waals surface area contributed by atoms with Gasteiger partial charge >= 0.3 is 99.8 Å². The van der Waals surface area contributed by atoms with Gasteiger partial charge in [-0.2, -0.15) is 0 Å². The van der Waals surface area contributed by atoms with E-state index in [0.717, 1.165) is 66.7 Å². The minimum atomic E-state index is -1.72. The topological polar surface area (TPSA) is 43.9 Å². The molecule has 1 radical (unpaired) electrons. The van der Waals surface area contributed by atoms with E-state index >= 15 is 0 Å². The predicted octanol–water partition coefficient (Wildman–Crippen LogP) is 15.1. The first-order valence-electron chi connectivity index (χ1n) is 21.6. The van der Waals surface area contributed by atoms with Crippen molar-refractivity contribution in [2.75, 3.05) is 0 Å². The molecule has 0 aliphatic heterocycles. The molecule has 3 aromatic heterocycles. The minimum Gasteiger partial charge on any atom is 0 e. The van der Waals surface area contributed by atoms with Crippen LogP contribution in [0.1, 0.15) is 50.7 Å². The fourth-order valence-corrected chi connectivity index (χ4v) is 10.5. The molecule has 10 rings (SSSR count). The monoisotopic (exact) mass is 1060 g/mol. The van der Waals surface area contributed by atoms with E-state index in [1.54, 1.807) is 0 Å². The van der Waals surface area contributed by atoms with Crippen molar-refractivity contribution >= 4 is 50.6 Å². The van der Waals surface area contributed by atoms with E-state index < -0.39 is 13.3 Å². The zero-order chi connectivity index (χ0) is 43.0. The minimum absolute atomic E-state index is 0. The first-order chi connectivity index (χ1) is 30.0. The number of benzene rings is 7. The SMILES string of the molecule is CC(C)c1cccc(C(C)C)c1-n1c(-c2[c-]ccc3c2oc2cc(-c4ccc(-c5ccccc5)cc4)ccc23)nc2ccccc21.[CH3][Ge]([CH3])([CH3])[c]1ccc(-c2[c-]cccc2)nc1.[Ir]. The van der Waals surface area contributed by atoms with Crippen molar-refractivity contribution in [3.8, 4) is 50.6 Å². The van der Waals surface area contributed by atoms with Crippen molar-refractivity contribution in [3.05, 3.63) is 193 Å². The molecule has 3 heterocycles. The maximum atomic E-state index is 6.75. The molecule has 0 atom stereocenters. The molecule has 10 aromatic rings. The number of hydrogen-bond acceptors (Lipinski definition) is 3. The van der Waals surface area contributed by atoms with Crippen molar-refractivity contribution in [2.45, 2.75) is 56.8 Å². The summed E-state index contributed by atoms with van der Waals surface area (Å²) in [4.78, 5) is 9.78. The molecular weight excluding hydrogens is 1010 g/mol. The number of imidazole rings is 1. The molecule has 0 fully saturated rings. The Kier molecular flexibility index (Phi) is 12.8. The summed E-state index contributed by atoms with van der Waals surface area (Å²) in [6.07, 6.45) is 2.04. The third-order valence-corrected chi connectivity index (χ3v) is 16.0. The summed E-state index contributed by atoms with van der Waals surface area (Å²) in [6.45, 7) is 9.06. The van der Waals surface area contributed by atoms with Crippen LogP contribution < -0.4 is 4.40 Å². The Morgan fingerprint density at radius 1 is 0.587 bits per heavy atom. The van der Waals surface area contributed by atoms with Crippen LogP contribution in [0.3, 0.4) is 0 Å². The van der Waals surface area contributed by atoms with Crippen LogP contribution >= 0.6 is 0 Å². The average molecular weight is 1060 g/mol. The number of rotatable bonds is 8. The summed E-state index contributed by atoms with van der Waals surface area (Å²) in [5.41, 5.74) is 15.1. The molecule has 0 unspecified atom stereocenters. The number of hydrogen-bond donors (Lipinski definition) is 0. The molecule has 0 aliphatic rings. The van der Waals surface area contributed by atoms with Gasteiger partial charge in [0, 0.05) is 31.2 Å². The number of nitrogens with zero attached hydrogens (tertiary/aromatic N) is 3. The fourth-order valence-electron chi connectivity index (χ4n) is 8.31. The largest absolute Gasteiger partial charge is 0 e. The van der Waals surface area contributed by atoms with Crippen molar-refractivity contribution in [1.29, 1.82) is 0 Å². The van der Waals surface area contributed by atoms with Crippen LogP contribution in [0.2, 0.25) is 17.3 Å². The summed E-state index contributed by atoms with van der Waals surface area (Å²) in [6, 6.07) is 64.0. The molecule has 4 nitrogen and oxygen atoms in total. The smallest absolute Gasteiger partial charge is 0 e. The van der Waals surface area contributed by atoms with Gasteiger partial charge in [0.2, 0.25) is 0 Å². The summed E-state index contributed by atoms with van der Waals surface area (Å²) in [5, 5.41) is 2.15. The second-order valence-electron chi connectivity index (χ2n) is 17.7. The van der Waals surface area contributed by atoms with Crippen molar-refractivity contribution in [2.24, 2.45) is 0 Å². The number of aromatic nitrogens is 3. The van der Waals surface area contributed by atoms with Gasteiger partial charge in [-0.05, 0) is 63.4 Å². The molecule has 0 aliphatic carbocycles. The summed E-state index contributed by atoms with van der Waals surface area (Å²) in [5.74, 6) is 8.67. The van der Waals surface area contributed by atoms with Crippen LogP contribution in [0.15, 0.2) is 174 Å². The maximum absolute atomic E-state index is 6.75. The fraction of sp³-hybridized carbons (Fsp3) is 0.158. The Hall–Kier alpha value is -5.85. The predicted molar refractivity (Wildman–Crippen MR) is 263 cm³/mol. The molecule has 0 bridgehead atoms. The Morgan fingerprint density at radius 3 is 1.89 bits per heavy atom. The van der Waals surface area contributed by atoms with Crippen molar-refractivity contribution < 1.29 is 24.5 Å². The molecular formula is C57H51GeIrN3O-2. The van der Waals surface area contributed by atoms with E-state index in [0.29, 0.717) is 11.8 Å². The Bertz CT molecular complexity index is 3120. The molecule has 0 spiro atoms. The standard InChI is InChI=1S/C43H35N2O.C14H16GeN.Ir/c1-27(2)33-14-10-15-34(28(3)4)41(33)45-39-19-9-8-18-38(39)44-43(45)37-17-11-16-36-35-25-24-32(26-40(35)46-42(36)37)31-22-20-30(21-23-31)29-12-6-5-7-13-29;1-15(2,3)13-9-10-14(16-11-13)12-7-5-4-6-8-12;/h5-16,18-28H,1-4H3;4-7,9-11H,1-3H3;/q2*-1;. The van der Waals surface area contributed by atoms with Crippen LogP contribution in [0.4, 0.5) is 0 Å². The molecule has 0 N–H and O–H groups in total. The Morgan fingerprint density at radius 2 is 1.24 bits per heavy atom. The summed E-state index contributed by atoms with van der Waals surface area (Å²) in [7, 11) is 0. The van der Waals surface area contributed by atoms with Gasteiger partial charge < -0.3 is 8.98 Å². The van der Waals surface area contributed by atoms with Gasteiger partial charge in [0.15, 0.2) is 0 Å². The van der Waals surface area contributed by atoms with E-state index in [2.05, 4.69) is 194 Å². The molecule has 0 saturated carbocycles. The van der Waals surface area contributed by atoms with Gasteiger partial charge in [-0.3, -0.25) is 4.98 Å². The van der Waals surface area contributed by atoms with Crippen molar-refractivity contribution in [1.82, 2.24) is 14.5 Å². The van der Waals surface area contributed by atoms with Crippen molar-refractivity contribution in [3.63, 3.8) is 0 Å². The Balaban J connectivity index is 0.000000271. The van der Waals surface area contributed by atoms with Gasteiger partial charge in [-0.15, -0.1) is 18.2 Å². The quantitative estimate of drug-likeness (QED) is 0.113. The molecule has 63 heavy (non-hydrogen) atoms. The van der Waals surface area contributed by atoms with Gasteiger partial charge in [0.05, 0.1) is 22.4 Å². The normalized spacial score (nSPS) is 11.6. The first-order valence-corrected chi connectivity index (χ1v) is 29.0. The molecule has 6 heteroatoms. The van der Waals surface area contributed by atoms with E-state index in [9.17, 15) is 0 Å². The number of pyridine rings is 1. The number of furan rings is 1. The van der Waals surface area contributed by atoms with Crippen LogP contribution in [0.25, 0.3) is 83.6 Å². The zero-order valence-electron chi connectivity index (χ0n) is 36.9. The van der Waals surface area contributed by atoms with Crippen LogP contribution in [0, 0.1) is 12.1 Å². The van der Waals surface area contributed by atoms with Gasteiger partial charge in [0.25, 0.3) is 0 Å². The zero-order valence-corrected chi connectivity index (χ0v) is 41.4. The van der Waals surface area contributed by atoms with Crippen LogP contribution in [0.5, 0.6) is 0 Å². The van der Waals surface area contributed by atoms with Gasteiger partial charge in [0.1, 0.15) is 5.58 Å². The average Bonchev–Trinajstić information content (AvgIpc) is 3.88. The third kappa shape index (κ3) is 8.88. The second-order valence-corrected chi connectivity index (χ2v) is 28.3. The van der Waals surface area contributed by atoms with Gasteiger partial charge in [-0.25, -0.2) is 0 Å². The second kappa shape index (κ2) is 18.5. The van der Waals surface area contributed by atoms with Crippen LogP contribution in [-0.2, 0) is 20.1 Å². The van der Waals surface area contributed by atoms with Crippen LogP contribution in [-0.4, -0.2) is 27.8 Å². The first kappa shape index (κ1) is 43.8. The maximum Gasteiger partial charge on any atom is 0 e. The van der Waals surface area contributed by atoms with E-state index in [1.165, 1.54) is 32.3 Å². The Labute approximate surface area is 387 Å². The summed E-state index contributed by atoms with van der Waals surface area (Å²) < 4.78 is 10.5. The third-order valence-electron chi connectivity index (χ3n) is 11.7. The van der Waals surface area contributed by atoms with E-state index in [-0.39, 0.29) is 20.1 Å². The number of para-hydroxylation sites is 3.